The van der Waals surface area contributed by atoms with Crippen molar-refractivity contribution in [2.75, 3.05) is 37.7 Å². The van der Waals surface area contributed by atoms with E-state index in [0.29, 0.717) is 13.0 Å². The van der Waals surface area contributed by atoms with Gasteiger partial charge < -0.3 is 15.7 Å². The summed E-state index contributed by atoms with van der Waals surface area (Å²) in [7, 11) is 0. The van der Waals surface area contributed by atoms with Crippen LogP contribution in [0.5, 0.6) is 0 Å². The Hall–Kier alpha value is -0.950. The van der Waals surface area contributed by atoms with Crippen LogP contribution in [0.2, 0.25) is 0 Å². The molecule has 6 nitrogen and oxygen atoms in total. The molecule has 0 aromatic rings. The van der Waals surface area contributed by atoms with Crippen LogP contribution in [0.15, 0.2) is 0 Å². The molecule has 3 N–H and O–H groups in total. The minimum Gasteiger partial charge on any atom is -0.480 e. The lowest BCUT2D eigenvalue weighted by atomic mass is 10.1. The number of unbranched alkanes of at least 4 members (excludes halogenated alkanes) is 1. The fourth-order valence-electron chi connectivity index (χ4n) is 2.03. The van der Waals surface area contributed by atoms with Crippen molar-refractivity contribution in [3.63, 3.8) is 0 Å². The summed E-state index contributed by atoms with van der Waals surface area (Å²) in [5.41, 5.74) is 0. The summed E-state index contributed by atoms with van der Waals surface area (Å²) >= 11 is 1.95. The number of aliphatic carboxylic acids is 1. The fraction of sp³-hybridized carbons (Fsp3) is 0.846. The summed E-state index contributed by atoms with van der Waals surface area (Å²) in [5, 5.41) is 14.3. The van der Waals surface area contributed by atoms with Crippen LogP contribution in [0.4, 0.5) is 4.79 Å². The Kier molecular flexibility index (Phi) is 8.45. The van der Waals surface area contributed by atoms with Gasteiger partial charge in [0, 0.05) is 37.7 Å². The molecule has 0 saturated carbocycles. The van der Waals surface area contributed by atoms with Crippen molar-refractivity contribution in [1.82, 2.24) is 15.5 Å². The number of urea groups is 1. The minimum absolute atomic E-state index is 0.389. The monoisotopic (exact) mass is 303 g/mol. The maximum Gasteiger partial charge on any atom is 0.326 e. The maximum absolute atomic E-state index is 11.7. The zero-order chi connectivity index (χ0) is 14.8. The predicted molar refractivity (Wildman–Crippen MR) is 81.2 cm³/mol. The van der Waals surface area contributed by atoms with Crippen LogP contribution in [0.3, 0.4) is 0 Å². The molecule has 20 heavy (non-hydrogen) atoms. The van der Waals surface area contributed by atoms with Gasteiger partial charge in [0.25, 0.3) is 0 Å². The van der Waals surface area contributed by atoms with E-state index < -0.39 is 12.0 Å². The first-order valence-electron chi connectivity index (χ1n) is 7.20. The molecule has 1 saturated heterocycles. The molecular formula is C13H25N3O3S. The average molecular weight is 303 g/mol. The Bertz CT molecular complexity index is 309. The average Bonchev–Trinajstić information content (AvgIpc) is 2.44. The second-order valence-electron chi connectivity index (χ2n) is 4.89. The third kappa shape index (κ3) is 7.00. The SMILES string of the molecule is CCCC[C@H](NC(=O)NCCN1CCSCC1)C(=O)O. The van der Waals surface area contributed by atoms with Crippen molar-refractivity contribution >= 4 is 23.8 Å². The summed E-state index contributed by atoms with van der Waals surface area (Å²) in [5.74, 6) is 1.32. The molecule has 1 aliphatic heterocycles. The molecule has 0 aliphatic carbocycles. The Labute approximate surface area is 124 Å². The van der Waals surface area contributed by atoms with Crippen molar-refractivity contribution in [2.24, 2.45) is 0 Å². The smallest absolute Gasteiger partial charge is 0.326 e. The number of carboxylic acid groups (broad SMARTS) is 1. The number of nitrogens with one attached hydrogen (secondary N) is 2. The summed E-state index contributed by atoms with van der Waals surface area (Å²) in [6.07, 6.45) is 2.19. The fourth-order valence-corrected chi connectivity index (χ4v) is 3.01. The van der Waals surface area contributed by atoms with Gasteiger partial charge in [0.05, 0.1) is 0 Å². The number of carboxylic acids is 1. The van der Waals surface area contributed by atoms with Gasteiger partial charge in [-0.1, -0.05) is 19.8 Å². The molecule has 7 heteroatoms. The Morgan fingerprint density at radius 3 is 2.65 bits per heavy atom. The molecule has 1 fully saturated rings. The van der Waals surface area contributed by atoms with E-state index in [4.69, 9.17) is 5.11 Å². The van der Waals surface area contributed by atoms with Crippen molar-refractivity contribution in [2.45, 2.75) is 32.2 Å². The molecule has 2 amide bonds. The normalized spacial score (nSPS) is 17.4. The summed E-state index contributed by atoms with van der Waals surface area (Å²) < 4.78 is 0. The molecule has 116 valence electrons. The van der Waals surface area contributed by atoms with Crippen LogP contribution in [0, 0.1) is 0 Å². The molecule has 0 radical (unpaired) electrons. The Morgan fingerprint density at radius 1 is 1.35 bits per heavy atom. The first kappa shape index (κ1) is 17.1. The highest BCUT2D eigenvalue weighted by molar-refractivity contribution is 7.99. The van der Waals surface area contributed by atoms with E-state index in [1.54, 1.807) is 0 Å². The van der Waals surface area contributed by atoms with Gasteiger partial charge in [-0.2, -0.15) is 11.8 Å². The highest BCUT2D eigenvalue weighted by Gasteiger charge is 2.19. The quantitative estimate of drug-likeness (QED) is 0.623. The van der Waals surface area contributed by atoms with Crippen LogP contribution in [0.1, 0.15) is 26.2 Å². The number of amides is 2. The lowest BCUT2D eigenvalue weighted by molar-refractivity contribution is -0.139. The van der Waals surface area contributed by atoms with Crippen molar-refractivity contribution in [3.8, 4) is 0 Å². The van der Waals surface area contributed by atoms with Gasteiger partial charge in [0.2, 0.25) is 0 Å². The molecule has 0 unspecified atom stereocenters. The minimum atomic E-state index is -0.971. The van der Waals surface area contributed by atoms with Crippen LogP contribution >= 0.6 is 11.8 Å². The van der Waals surface area contributed by atoms with Crippen molar-refractivity contribution in [1.29, 1.82) is 0 Å². The lowest BCUT2D eigenvalue weighted by Gasteiger charge is -2.26. The highest BCUT2D eigenvalue weighted by Crippen LogP contribution is 2.07. The van der Waals surface area contributed by atoms with Gasteiger partial charge in [0.1, 0.15) is 6.04 Å². The van der Waals surface area contributed by atoms with E-state index in [2.05, 4.69) is 15.5 Å². The van der Waals surface area contributed by atoms with Crippen LogP contribution in [0.25, 0.3) is 0 Å². The lowest BCUT2D eigenvalue weighted by Crippen LogP contribution is -2.48. The molecule has 0 bridgehead atoms. The Balaban J connectivity index is 2.18. The highest BCUT2D eigenvalue weighted by atomic mass is 32.2. The number of nitrogens with zero attached hydrogens (tertiary/aromatic N) is 1. The van der Waals surface area contributed by atoms with Crippen molar-refractivity contribution < 1.29 is 14.7 Å². The number of thioether (sulfide) groups is 1. The number of carbonyl (C=O) groups is 2. The number of rotatable bonds is 8. The second kappa shape index (κ2) is 9.88. The number of hydrogen-bond acceptors (Lipinski definition) is 4. The summed E-state index contributed by atoms with van der Waals surface area (Å²) in [4.78, 5) is 25.0. The van der Waals surface area contributed by atoms with Gasteiger partial charge in [-0.3, -0.25) is 4.90 Å². The van der Waals surface area contributed by atoms with E-state index in [-0.39, 0.29) is 6.03 Å². The van der Waals surface area contributed by atoms with Crippen LogP contribution in [-0.4, -0.2) is 65.7 Å². The topological polar surface area (TPSA) is 81.7 Å². The summed E-state index contributed by atoms with van der Waals surface area (Å²) in [6, 6.07) is -1.18. The molecule has 1 aliphatic rings. The molecule has 1 rings (SSSR count). The number of carbonyl (C=O) groups excluding carboxylic acids is 1. The van der Waals surface area contributed by atoms with Gasteiger partial charge in [-0.25, -0.2) is 9.59 Å². The second-order valence-corrected chi connectivity index (χ2v) is 6.11. The van der Waals surface area contributed by atoms with Crippen LogP contribution < -0.4 is 10.6 Å². The van der Waals surface area contributed by atoms with E-state index in [1.807, 2.05) is 18.7 Å². The predicted octanol–water partition coefficient (Wildman–Crippen LogP) is 0.978. The zero-order valence-electron chi connectivity index (χ0n) is 12.1. The van der Waals surface area contributed by atoms with E-state index in [0.717, 1.165) is 44.0 Å². The molecule has 0 aromatic carbocycles. The molecule has 1 heterocycles. The first-order chi connectivity index (χ1) is 9.63. The zero-order valence-corrected chi connectivity index (χ0v) is 12.9. The molecule has 1 atom stereocenters. The molecule has 0 spiro atoms. The molecular weight excluding hydrogens is 278 g/mol. The van der Waals surface area contributed by atoms with Gasteiger partial charge in [0.15, 0.2) is 0 Å². The van der Waals surface area contributed by atoms with Gasteiger partial charge in [-0.05, 0) is 6.42 Å². The van der Waals surface area contributed by atoms with E-state index in [9.17, 15) is 9.59 Å². The van der Waals surface area contributed by atoms with Gasteiger partial charge >= 0.3 is 12.0 Å². The first-order valence-corrected chi connectivity index (χ1v) is 8.36. The standard InChI is InChI=1S/C13H25N3O3S/c1-2-3-4-11(12(17)18)15-13(19)14-5-6-16-7-9-20-10-8-16/h11H,2-10H2,1H3,(H,17,18)(H2,14,15,19)/t11-/m0/s1. The van der Waals surface area contributed by atoms with Gasteiger partial charge in [-0.15, -0.1) is 0 Å². The summed E-state index contributed by atoms with van der Waals surface area (Å²) in [6.45, 7) is 5.48. The molecule has 0 aromatic heterocycles. The number of hydrogen-bond donors (Lipinski definition) is 3. The van der Waals surface area contributed by atoms with E-state index in [1.165, 1.54) is 0 Å². The third-order valence-electron chi connectivity index (χ3n) is 3.27. The van der Waals surface area contributed by atoms with Crippen molar-refractivity contribution in [3.05, 3.63) is 0 Å². The third-order valence-corrected chi connectivity index (χ3v) is 4.21. The Morgan fingerprint density at radius 2 is 2.05 bits per heavy atom. The van der Waals surface area contributed by atoms with E-state index >= 15 is 0 Å². The maximum atomic E-state index is 11.7. The largest absolute Gasteiger partial charge is 0.480 e. The van der Waals surface area contributed by atoms with Crippen LogP contribution in [-0.2, 0) is 4.79 Å².